The van der Waals surface area contributed by atoms with E-state index in [2.05, 4.69) is 14.5 Å². The molecular weight excluding hydrogens is 382 g/mol. The van der Waals surface area contributed by atoms with Gasteiger partial charge in [-0.05, 0) is 31.6 Å². The Morgan fingerprint density at radius 1 is 1.13 bits per heavy atom. The van der Waals surface area contributed by atoms with Crippen LogP contribution in [0, 0.1) is 11.8 Å². The molecule has 30 heavy (non-hydrogen) atoms. The summed E-state index contributed by atoms with van der Waals surface area (Å²) in [5, 5.41) is 0. The lowest BCUT2D eigenvalue weighted by molar-refractivity contribution is -0.165. The molecule has 4 saturated heterocycles. The van der Waals surface area contributed by atoms with E-state index in [1.165, 1.54) is 0 Å². The monoisotopic (exact) mass is 415 g/mol. The van der Waals surface area contributed by atoms with E-state index < -0.39 is 0 Å². The third-order valence-corrected chi connectivity index (χ3v) is 7.44. The first-order valence-electron chi connectivity index (χ1n) is 11.6. The fraction of sp³-hybridized carbons (Fsp3) is 0.773. The summed E-state index contributed by atoms with van der Waals surface area (Å²) in [4.78, 5) is 37.3. The molecule has 0 radical (unpaired) electrons. The zero-order valence-electron chi connectivity index (χ0n) is 17.7. The summed E-state index contributed by atoms with van der Waals surface area (Å²) in [5.41, 5.74) is 0. The maximum atomic E-state index is 13.7. The van der Waals surface area contributed by atoms with Crippen molar-refractivity contribution in [1.82, 2.24) is 24.3 Å². The number of fused-ring (bicyclic) bond motifs is 4. The van der Waals surface area contributed by atoms with Crippen molar-refractivity contribution in [3.05, 3.63) is 18.7 Å². The molecule has 5 heterocycles. The smallest absolute Gasteiger partial charge is 0.245 e. The average molecular weight is 416 g/mol. The van der Waals surface area contributed by atoms with Crippen LogP contribution in [0.4, 0.5) is 0 Å². The Balaban J connectivity index is 1.36. The number of carbonyl (C=O) groups excluding carboxylic acids is 2. The normalized spacial score (nSPS) is 32.6. The van der Waals surface area contributed by atoms with Crippen LogP contribution in [-0.2, 0) is 20.9 Å². The molecule has 4 fully saturated rings. The van der Waals surface area contributed by atoms with E-state index in [4.69, 9.17) is 4.74 Å². The summed E-state index contributed by atoms with van der Waals surface area (Å²) in [7, 11) is 0. The van der Waals surface area contributed by atoms with Crippen LogP contribution >= 0.6 is 0 Å². The molecule has 0 spiro atoms. The summed E-state index contributed by atoms with van der Waals surface area (Å²) < 4.78 is 7.68. The van der Waals surface area contributed by atoms with Crippen LogP contribution in [0.3, 0.4) is 0 Å². The van der Waals surface area contributed by atoms with Crippen LogP contribution in [-0.4, -0.2) is 94.1 Å². The van der Waals surface area contributed by atoms with Gasteiger partial charge < -0.3 is 24.0 Å². The van der Waals surface area contributed by atoms with Crippen molar-refractivity contribution in [2.24, 2.45) is 11.8 Å². The first kappa shape index (κ1) is 20.0. The minimum atomic E-state index is -0.298. The summed E-state index contributed by atoms with van der Waals surface area (Å²) in [5.74, 6) is 1.05. The Labute approximate surface area is 178 Å². The van der Waals surface area contributed by atoms with E-state index >= 15 is 0 Å². The van der Waals surface area contributed by atoms with E-state index in [1.807, 2.05) is 28.5 Å². The molecular formula is C22H33N5O3. The van der Waals surface area contributed by atoms with Crippen molar-refractivity contribution >= 4 is 11.8 Å². The molecule has 164 valence electrons. The van der Waals surface area contributed by atoms with Gasteiger partial charge in [-0.25, -0.2) is 4.98 Å². The Morgan fingerprint density at radius 3 is 2.90 bits per heavy atom. The highest BCUT2D eigenvalue weighted by molar-refractivity contribution is 5.89. The molecule has 2 bridgehead atoms. The lowest BCUT2D eigenvalue weighted by Gasteiger charge is -2.56. The minimum absolute atomic E-state index is 0.153. The number of hydrogen-bond donors (Lipinski definition) is 0. The second-order valence-electron chi connectivity index (χ2n) is 9.31. The van der Waals surface area contributed by atoms with Gasteiger partial charge in [0, 0.05) is 76.6 Å². The van der Waals surface area contributed by atoms with Crippen molar-refractivity contribution < 1.29 is 14.3 Å². The maximum absolute atomic E-state index is 13.7. The number of amides is 2. The predicted molar refractivity (Wildman–Crippen MR) is 111 cm³/mol. The molecule has 0 aromatic carbocycles. The molecule has 4 aliphatic rings. The zero-order valence-corrected chi connectivity index (χ0v) is 17.7. The highest BCUT2D eigenvalue weighted by atomic mass is 16.5. The Kier molecular flexibility index (Phi) is 5.78. The predicted octanol–water partition coefficient (Wildman–Crippen LogP) is 0.833. The molecule has 4 aliphatic heterocycles. The molecule has 0 unspecified atom stereocenters. The van der Waals surface area contributed by atoms with E-state index in [1.54, 1.807) is 0 Å². The summed E-state index contributed by atoms with van der Waals surface area (Å²) in [6, 6.07) is -0.0797. The minimum Gasteiger partial charge on any atom is -0.380 e. The lowest BCUT2D eigenvalue weighted by Crippen LogP contribution is -2.68. The number of carbonyl (C=O) groups is 2. The first-order valence-corrected chi connectivity index (χ1v) is 11.6. The molecule has 8 nitrogen and oxygen atoms in total. The van der Waals surface area contributed by atoms with Gasteiger partial charge in [0.2, 0.25) is 11.8 Å². The molecule has 5 rings (SSSR count). The number of ether oxygens (including phenoxy) is 1. The number of nitrogens with zero attached hydrogens (tertiary/aromatic N) is 5. The van der Waals surface area contributed by atoms with Crippen LogP contribution in [0.25, 0.3) is 0 Å². The highest BCUT2D eigenvalue weighted by Gasteiger charge is 2.52. The van der Waals surface area contributed by atoms with E-state index in [-0.39, 0.29) is 29.8 Å². The van der Waals surface area contributed by atoms with Crippen molar-refractivity contribution in [3.63, 3.8) is 0 Å². The van der Waals surface area contributed by atoms with Crippen molar-refractivity contribution in [2.75, 3.05) is 45.9 Å². The van der Waals surface area contributed by atoms with Crippen molar-refractivity contribution in [2.45, 2.75) is 50.7 Å². The third-order valence-electron chi connectivity index (χ3n) is 7.44. The van der Waals surface area contributed by atoms with Gasteiger partial charge >= 0.3 is 0 Å². The molecule has 1 aromatic heterocycles. The number of likely N-dealkylation sites (tertiary alicyclic amines) is 1. The SMILES string of the molecule is O=C([C@H]1[C@@H]2C[C@@H](CN(CCn3ccnc3)C2)[C@@H]2CCCC(=O)N21)N1CCCOCC1. The molecule has 1 aromatic rings. The van der Waals surface area contributed by atoms with E-state index in [9.17, 15) is 9.59 Å². The summed E-state index contributed by atoms with van der Waals surface area (Å²) in [6.07, 6.45) is 10.2. The number of imidazole rings is 1. The Bertz CT molecular complexity index is 746. The molecule has 4 atom stereocenters. The van der Waals surface area contributed by atoms with Gasteiger partial charge in [0.05, 0.1) is 12.9 Å². The van der Waals surface area contributed by atoms with Crippen LogP contribution in [0.1, 0.15) is 32.1 Å². The van der Waals surface area contributed by atoms with Gasteiger partial charge in [-0.1, -0.05) is 0 Å². The standard InChI is InChI=1S/C22H33N5O3/c28-20-4-1-3-19-17-13-18(15-25(14-17)9-8-24-7-5-23-16-24)21(27(19)20)22(29)26-6-2-11-30-12-10-26/h5,7,16-19,21H,1-4,6,8-15H2/t17-,18+,19-,21+/m0/s1. The number of rotatable bonds is 4. The van der Waals surface area contributed by atoms with Crippen LogP contribution < -0.4 is 0 Å². The Morgan fingerprint density at radius 2 is 2.03 bits per heavy atom. The van der Waals surface area contributed by atoms with Crippen molar-refractivity contribution in [1.29, 1.82) is 0 Å². The largest absolute Gasteiger partial charge is 0.380 e. The quantitative estimate of drug-likeness (QED) is 0.729. The average Bonchev–Trinajstić information content (AvgIpc) is 3.13. The van der Waals surface area contributed by atoms with Crippen LogP contribution in [0.15, 0.2) is 18.7 Å². The van der Waals surface area contributed by atoms with E-state index in [0.29, 0.717) is 32.1 Å². The van der Waals surface area contributed by atoms with Gasteiger partial charge in [-0.3, -0.25) is 9.59 Å². The third kappa shape index (κ3) is 3.87. The summed E-state index contributed by atoms with van der Waals surface area (Å²) in [6.45, 7) is 6.48. The van der Waals surface area contributed by atoms with Gasteiger partial charge in [-0.15, -0.1) is 0 Å². The highest BCUT2D eigenvalue weighted by Crippen LogP contribution is 2.42. The fourth-order valence-corrected chi connectivity index (χ4v) is 6.08. The van der Waals surface area contributed by atoms with Crippen LogP contribution in [0.5, 0.6) is 0 Å². The molecule has 0 aliphatic carbocycles. The summed E-state index contributed by atoms with van der Waals surface area (Å²) >= 11 is 0. The van der Waals surface area contributed by atoms with Crippen molar-refractivity contribution in [3.8, 4) is 0 Å². The molecule has 0 saturated carbocycles. The fourth-order valence-electron chi connectivity index (χ4n) is 6.08. The number of aromatic nitrogens is 2. The van der Waals surface area contributed by atoms with Crippen LogP contribution in [0.2, 0.25) is 0 Å². The van der Waals surface area contributed by atoms with Gasteiger partial charge in [-0.2, -0.15) is 0 Å². The zero-order chi connectivity index (χ0) is 20.5. The number of hydrogen-bond acceptors (Lipinski definition) is 5. The second kappa shape index (κ2) is 8.67. The van der Waals surface area contributed by atoms with Gasteiger partial charge in [0.1, 0.15) is 6.04 Å². The molecule has 2 amide bonds. The molecule has 0 N–H and O–H groups in total. The lowest BCUT2D eigenvalue weighted by atomic mass is 9.71. The topological polar surface area (TPSA) is 70.9 Å². The number of piperidine rings is 3. The van der Waals surface area contributed by atoms with Gasteiger partial charge in [0.15, 0.2) is 0 Å². The maximum Gasteiger partial charge on any atom is 0.245 e. The Hall–Kier alpha value is -1.93. The van der Waals surface area contributed by atoms with E-state index in [0.717, 1.165) is 58.4 Å². The second-order valence-corrected chi connectivity index (χ2v) is 9.31. The van der Waals surface area contributed by atoms with Gasteiger partial charge in [0.25, 0.3) is 0 Å². The first-order chi connectivity index (χ1) is 14.7. The molecule has 8 heteroatoms.